The van der Waals surface area contributed by atoms with E-state index in [1.807, 2.05) is 240 Å². The lowest BCUT2D eigenvalue weighted by Crippen LogP contribution is -2.48. The Balaban J connectivity index is 0.000000126. The van der Waals surface area contributed by atoms with Gasteiger partial charge in [-0.05, 0) is 219 Å². The summed E-state index contributed by atoms with van der Waals surface area (Å²) in [6, 6.07) is 98.5. The molecule has 5 aliphatic rings. The van der Waals surface area contributed by atoms with E-state index in [0.29, 0.717) is 107 Å². The highest BCUT2D eigenvalue weighted by molar-refractivity contribution is 6.31. The Bertz CT molecular complexity index is 6560. The summed E-state index contributed by atoms with van der Waals surface area (Å²) in [5.41, 5.74) is 17.3. The number of carbonyl (C=O) groups excluding carboxylic acids is 6. The largest absolute Gasteiger partial charge is 0.352 e. The van der Waals surface area contributed by atoms with Crippen molar-refractivity contribution in [2.45, 2.75) is 117 Å². The highest BCUT2D eigenvalue weighted by atomic mass is 35.5. The fourth-order valence-corrected chi connectivity index (χ4v) is 20.4. The first-order chi connectivity index (χ1) is 66.3. The van der Waals surface area contributed by atoms with Crippen LogP contribution in [0.2, 0.25) is 20.1 Å². The second-order valence-corrected chi connectivity index (χ2v) is 38.5. The molecule has 6 amide bonds. The van der Waals surface area contributed by atoms with Gasteiger partial charge in [-0.2, -0.15) is 0 Å². The number of piperidine rings is 4. The number of benzene rings is 11. The molecule has 20 rings (SSSR count). The number of aryl methyl sites for hydroxylation is 2. The van der Waals surface area contributed by atoms with Crippen LogP contribution in [0.4, 0.5) is 0 Å². The van der Waals surface area contributed by atoms with Gasteiger partial charge in [0.05, 0.1) is 5.52 Å². The highest BCUT2D eigenvalue weighted by Crippen LogP contribution is 2.35. The zero-order valence-corrected chi connectivity index (χ0v) is 80.5. The van der Waals surface area contributed by atoms with Gasteiger partial charge in [0.1, 0.15) is 22.8 Å². The quantitative estimate of drug-likeness (QED) is 0.0677. The molecule has 15 aromatic rings. The van der Waals surface area contributed by atoms with Crippen molar-refractivity contribution < 1.29 is 28.8 Å². The van der Waals surface area contributed by atoms with Gasteiger partial charge in [-0.15, -0.1) is 0 Å². The van der Waals surface area contributed by atoms with E-state index in [4.69, 9.17) is 46.4 Å². The molecule has 5 fully saturated rings. The monoisotopic (exact) mass is 1890 g/mol. The van der Waals surface area contributed by atoms with Crippen molar-refractivity contribution >= 4 is 125 Å². The Morgan fingerprint density at radius 3 is 1.11 bits per heavy atom. The second kappa shape index (κ2) is 45.4. The number of fused-ring (bicyclic) bond motifs is 4. The third-order valence-corrected chi connectivity index (χ3v) is 28.6. The van der Waals surface area contributed by atoms with Gasteiger partial charge in [-0.1, -0.05) is 265 Å². The Hall–Kier alpha value is -12.5. The van der Waals surface area contributed by atoms with E-state index in [1.165, 1.54) is 44.5 Å². The summed E-state index contributed by atoms with van der Waals surface area (Å²) in [5.74, 6) is 1.03. The molecule has 2 N–H and O–H groups in total. The van der Waals surface area contributed by atoms with Gasteiger partial charge in [0.15, 0.2) is 0 Å². The van der Waals surface area contributed by atoms with Gasteiger partial charge in [0, 0.05) is 188 Å². The van der Waals surface area contributed by atoms with Crippen LogP contribution in [0.1, 0.15) is 150 Å². The molecule has 11 aromatic carbocycles. The molecule has 0 unspecified atom stereocenters. The predicted octanol–water partition coefficient (Wildman–Crippen LogP) is 22.6. The fourth-order valence-electron chi connectivity index (χ4n) is 19.9. The molecule has 4 aromatic heterocycles. The van der Waals surface area contributed by atoms with Crippen molar-refractivity contribution in [3.63, 3.8) is 0 Å². The Labute approximate surface area is 817 Å². The van der Waals surface area contributed by atoms with E-state index in [1.54, 1.807) is 0 Å². The van der Waals surface area contributed by atoms with Crippen molar-refractivity contribution in [2.24, 2.45) is 17.8 Å². The van der Waals surface area contributed by atoms with E-state index in [0.717, 1.165) is 180 Å². The maximum Gasteiger partial charge on any atom is 0.270 e. The third kappa shape index (κ3) is 23.8. The van der Waals surface area contributed by atoms with Crippen LogP contribution < -0.4 is 10.6 Å². The standard InChI is InChI=1S/2C30H30ClN3O2.C27H32ClN3O.C27H26ClN3O/c1-21-6-5-9-25-18-27(34(28(21)25)20-23-10-12-26(31)13-11-23)30(36)33-16-14-24(15-17-33)29(35)32-19-22-7-3-2-4-8-22;1-21-26-9-5-6-10-27(26)34(20-23-11-13-25(31)14-12-23)28(21)30(36)33-17-15-24(16-18-33)29(35)32-19-22-7-3-2-4-8-22;28-24-10-8-21(9-11-24)20-31-25-7-3-2-6-23(25)18-26(31)27(32)30-16-12-22(13-17-30)19-29-14-4-1-5-15-29;28-24-12-10-22(11-13-24)20-31-25-9-5-4-8-23(25)18-26(31)27(32)30-16-14-29(15-17-30)19-21-6-2-1-3-7-21/h2-13,18,24H,14-17,19-20H2,1H3,(H,32,35);2-14,24H,15-20H2,1H3,(H,32,35);2-3,6-11,18,22H,1,4-5,12-17,19-20H2;1-13,18H,14-17,19-20H2. The average Bonchev–Trinajstić information content (AvgIpc) is 1.64. The lowest BCUT2D eigenvalue weighted by molar-refractivity contribution is -0.127. The number of halogens is 4. The van der Waals surface area contributed by atoms with E-state index in [2.05, 4.69) is 129 Å². The molecule has 18 nitrogen and oxygen atoms in total. The second-order valence-electron chi connectivity index (χ2n) is 36.8. The zero-order valence-electron chi connectivity index (χ0n) is 77.5. The lowest BCUT2D eigenvalue weighted by Gasteiger charge is -2.36. The first-order valence-electron chi connectivity index (χ1n) is 47.9. The molecule has 9 heterocycles. The van der Waals surface area contributed by atoms with E-state index >= 15 is 0 Å². The number of likely N-dealkylation sites (tertiary alicyclic amines) is 4. The Morgan fingerprint density at radius 1 is 0.301 bits per heavy atom. The van der Waals surface area contributed by atoms with Crippen LogP contribution in [0.15, 0.2) is 297 Å². The molecule has 22 heteroatoms. The van der Waals surface area contributed by atoms with Crippen molar-refractivity contribution in [3.05, 3.63) is 390 Å². The minimum Gasteiger partial charge on any atom is -0.352 e. The van der Waals surface area contributed by atoms with Gasteiger partial charge >= 0.3 is 0 Å². The topological polar surface area (TPSA) is 166 Å². The summed E-state index contributed by atoms with van der Waals surface area (Å²) >= 11 is 24.3. The van der Waals surface area contributed by atoms with Crippen LogP contribution in [-0.2, 0) is 55.4 Å². The Morgan fingerprint density at radius 2 is 0.654 bits per heavy atom. The number of rotatable bonds is 22. The number of hydrogen-bond acceptors (Lipinski definition) is 8. The van der Waals surface area contributed by atoms with Gasteiger partial charge in [-0.25, -0.2) is 0 Å². The van der Waals surface area contributed by atoms with Crippen LogP contribution in [0, 0.1) is 31.6 Å². The van der Waals surface area contributed by atoms with Crippen LogP contribution >= 0.6 is 46.4 Å². The smallest absolute Gasteiger partial charge is 0.270 e. The molecule has 5 aliphatic heterocycles. The fraction of sp³-hybridized carbons (Fsp3) is 0.298. The number of nitrogens with one attached hydrogen (secondary N) is 2. The first-order valence-corrected chi connectivity index (χ1v) is 49.5. The van der Waals surface area contributed by atoms with Crippen LogP contribution in [-0.4, -0.2) is 168 Å². The number of aromatic nitrogens is 4. The average molecular weight is 1890 g/mol. The van der Waals surface area contributed by atoms with Crippen molar-refractivity contribution in [2.75, 3.05) is 85.1 Å². The molecule has 0 saturated carbocycles. The minimum atomic E-state index is -0.0706. The van der Waals surface area contributed by atoms with E-state index < -0.39 is 0 Å². The number of hydrogen-bond donors (Lipinski definition) is 2. The van der Waals surface area contributed by atoms with Gasteiger partial charge in [0.25, 0.3) is 23.6 Å². The molecule has 136 heavy (non-hydrogen) atoms. The van der Waals surface area contributed by atoms with Crippen LogP contribution in [0.25, 0.3) is 43.6 Å². The molecule has 0 atom stereocenters. The van der Waals surface area contributed by atoms with Gasteiger partial charge < -0.3 is 53.4 Å². The lowest BCUT2D eigenvalue weighted by atomic mass is 9.95. The highest BCUT2D eigenvalue weighted by Gasteiger charge is 2.35. The molecular formula is C114H118Cl4N12O6. The molecule has 0 bridgehead atoms. The summed E-state index contributed by atoms with van der Waals surface area (Å²) in [5, 5.41) is 13.3. The molecule has 0 aliphatic carbocycles. The molecule has 0 radical (unpaired) electrons. The summed E-state index contributed by atoms with van der Waals surface area (Å²) in [4.78, 5) is 93.1. The SMILES string of the molecule is Cc1c(C(=O)N2CCC(C(=O)NCc3ccccc3)CC2)n(Cc2ccc(Cl)cc2)c2ccccc12.Cc1cccc2cc(C(=O)N3CCC(C(=O)NCc4ccccc4)CC3)n(Cc3ccc(Cl)cc3)c12.O=C(c1cc2ccccc2n1Cc1ccc(Cl)cc1)N1CCC(CN2CCCCC2)CC1.O=C(c1cc2ccccc2n1Cc1ccc(Cl)cc1)N1CCN(Cc2ccccc2)CC1. The maximum atomic E-state index is 13.8. The van der Waals surface area contributed by atoms with E-state index in [-0.39, 0.29) is 47.3 Å². The van der Waals surface area contributed by atoms with Crippen LogP contribution in [0.3, 0.4) is 0 Å². The van der Waals surface area contributed by atoms with Crippen LogP contribution in [0.5, 0.6) is 0 Å². The summed E-state index contributed by atoms with van der Waals surface area (Å²) in [6.07, 6.45) is 8.97. The summed E-state index contributed by atoms with van der Waals surface area (Å²) < 4.78 is 8.54. The normalized spacial score (nSPS) is 15.3. The zero-order chi connectivity index (χ0) is 94.0. The molecular weight excluding hydrogens is 1780 g/mol. The summed E-state index contributed by atoms with van der Waals surface area (Å²) in [7, 11) is 0. The minimum absolute atomic E-state index is 0.0164. The molecule has 5 saturated heterocycles. The number of para-hydroxylation sites is 4. The Kier molecular flexibility index (Phi) is 31.8. The number of nitrogens with zero attached hydrogens (tertiary/aromatic N) is 10. The number of carbonyl (C=O) groups is 6. The third-order valence-electron chi connectivity index (χ3n) is 27.5. The van der Waals surface area contributed by atoms with Gasteiger partial charge in [0.2, 0.25) is 11.8 Å². The predicted molar refractivity (Wildman–Crippen MR) is 550 cm³/mol. The van der Waals surface area contributed by atoms with E-state index in [9.17, 15) is 28.8 Å². The van der Waals surface area contributed by atoms with Crippen molar-refractivity contribution in [3.8, 4) is 0 Å². The number of amides is 6. The maximum absolute atomic E-state index is 13.8. The van der Waals surface area contributed by atoms with Crippen molar-refractivity contribution in [1.29, 1.82) is 0 Å². The van der Waals surface area contributed by atoms with Crippen molar-refractivity contribution in [1.82, 2.24) is 58.3 Å². The summed E-state index contributed by atoms with van der Waals surface area (Å²) in [6.45, 7) is 19.6. The number of piperazine rings is 1. The molecule has 698 valence electrons. The first kappa shape index (κ1) is 95.2. The molecule has 0 spiro atoms. The van der Waals surface area contributed by atoms with Gasteiger partial charge in [-0.3, -0.25) is 33.7 Å².